The van der Waals surface area contributed by atoms with Crippen molar-refractivity contribution in [2.24, 2.45) is 7.05 Å². The molecule has 0 atom stereocenters. The van der Waals surface area contributed by atoms with Crippen molar-refractivity contribution in [3.63, 3.8) is 0 Å². The predicted molar refractivity (Wildman–Crippen MR) is 119 cm³/mol. The van der Waals surface area contributed by atoms with Crippen molar-refractivity contribution in [1.29, 1.82) is 0 Å². The highest BCUT2D eigenvalue weighted by Crippen LogP contribution is 2.32. The zero-order valence-electron chi connectivity index (χ0n) is 16.7. The third-order valence-corrected chi connectivity index (χ3v) is 6.96. The Morgan fingerprint density at radius 2 is 1.93 bits per heavy atom. The van der Waals surface area contributed by atoms with Crippen LogP contribution in [0.2, 0.25) is 30.8 Å². The maximum atomic E-state index is 6.07. The molecule has 5 nitrogen and oxygen atoms in total. The summed E-state index contributed by atoms with van der Waals surface area (Å²) < 4.78 is 10.1. The Morgan fingerprint density at radius 1 is 1.11 bits per heavy atom. The number of fused-ring (bicyclic) bond motifs is 2. The number of para-hydroxylation sites is 1. The van der Waals surface area contributed by atoms with Crippen LogP contribution in [0.15, 0.2) is 42.9 Å². The summed E-state index contributed by atoms with van der Waals surface area (Å²) >= 11 is 6.07. The van der Waals surface area contributed by atoms with Crippen LogP contribution in [0.1, 0.15) is 0 Å². The summed E-state index contributed by atoms with van der Waals surface area (Å²) in [5.41, 5.74) is 5.28. The molecule has 0 saturated carbocycles. The van der Waals surface area contributed by atoms with Crippen LogP contribution in [0.25, 0.3) is 33.2 Å². The van der Waals surface area contributed by atoms with Crippen molar-refractivity contribution < 1.29 is 4.74 Å². The van der Waals surface area contributed by atoms with Gasteiger partial charge in [0.05, 0.1) is 34.8 Å². The highest BCUT2D eigenvalue weighted by molar-refractivity contribution is 6.76. The topological polar surface area (TPSA) is 44.9 Å². The molecule has 3 aromatic heterocycles. The smallest absolute Gasteiger partial charge is 0.129 e. The Hall–Kier alpha value is -2.15. The van der Waals surface area contributed by atoms with Crippen molar-refractivity contribution in [3.8, 4) is 11.3 Å². The Labute approximate surface area is 170 Å². The second-order valence-electron chi connectivity index (χ2n) is 8.39. The van der Waals surface area contributed by atoms with E-state index in [1.54, 1.807) is 0 Å². The molecule has 0 unspecified atom stereocenters. The summed E-state index contributed by atoms with van der Waals surface area (Å²) in [5, 5.41) is 1.58. The van der Waals surface area contributed by atoms with Gasteiger partial charge in [-0.15, -0.1) is 0 Å². The number of imidazole rings is 1. The molecule has 0 spiro atoms. The SMILES string of the molecule is Cn1c(-c2cccc3c2ncn3COCC[Si](C)(C)C)cc2cc(Cl)ncc21. The summed E-state index contributed by atoms with van der Waals surface area (Å²) in [6.07, 6.45) is 3.68. The lowest BCUT2D eigenvalue weighted by molar-refractivity contribution is 0.0898. The molecule has 28 heavy (non-hydrogen) atoms. The number of hydrogen-bond acceptors (Lipinski definition) is 3. The van der Waals surface area contributed by atoms with Crippen molar-refractivity contribution in [3.05, 3.63) is 48.0 Å². The number of aryl methyl sites for hydroxylation is 1. The fraction of sp³-hybridized carbons (Fsp3) is 0.333. The van der Waals surface area contributed by atoms with Gasteiger partial charge in [-0.2, -0.15) is 0 Å². The first kappa shape index (κ1) is 19.2. The first-order valence-corrected chi connectivity index (χ1v) is 13.5. The molecule has 0 saturated heterocycles. The molecule has 3 heterocycles. The summed E-state index contributed by atoms with van der Waals surface area (Å²) in [6, 6.07) is 11.5. The fourth-order valence-electron chi connectivity index (χ4n) is 3.40. The quantitative estimate of drug-likeness (QED) is 0.237. The average molecular weight is 413 g/mol. The molecular weight excluding hydrogens is 388 g/mol. The van der Waals surface area contributed by atoms with E-state index < -0.39 is 8.07 Å². The van der Waals surface area contributed by atoms with Gasteiger partial charge < -0.3 is 13.9 Å². The van der Waals surface area contributed by atoms with Gasteiger partial charge >= 0.3 is 0 Å². The van der Waals surface area contributed by atoms with E-state index in [0.717, 1.165) is 45.8 Å². The van der Waals surface area contributed by atoms with E-state index in [0.29, 0.717) is 11.9 Å². The number of aromatic nitrogens is 4. The van der Waals surface area contributed by atoms with E-state index in [2.05, 4.69) is 63.0 Å². The normalized spacial score (nSPS) is 12.3. The minimum absolute atomic E-state index is 0.502. The van der Waals surface area contributed by atoms with E-state index in [4.69, 9.17) is 16.3 Å². The number of ether oxygens (including phenoxy) is 1. The summed E-state index contributed by atoms with van der Waals surface area (Å²) in [4.78, 5) is 8.90. The van der Waals surface area contributed by atoms with Crippen LogP contribution in [-0.2, 0) is 18.5 Å². The minimum atomic E-state index is -1.08. The van der Waals surface area contributed by atoms with E-state index in [1.165, 1.54) is 0 Å². The molecule has 0 aliphatic carbocycles. The lowest BCUT2D eigenvalue weighted by Crippen LogP contribution is -2.21. The van der Waals surface area contributed by atoms with E-state index in [1.807, 2.05) is 25.6 Å². The van der Waals surface area contributed by atoms with Gasteiger partial charge in [-0.1, -0.05) is 43.4 Å². The van der Waals surface area contributed by atoms with E-state index in [9.17, 15) is 0 Å². The molecule has 0 N–H and O–H groups in total. The molecule has 0 radical (unpaired) electrons. The third kappa shape index (κ3) is 3.72. The summed E-state index contributed by atoms with van der Waals surface area (Å²) in [5.74, 6) is 0. The van der Waals surface area contributed by atoms with Crippen molar-refractivity contribution in [1.82, 2.24) is 19.1 Å². The lowest BCUT2D eigenvalue weighted by Gasteiger charge is -2.15. The first-order valence-electron chi connectivity index (χ1n) is 9.46. The van der Waals surface area contributed by atoms with Gasteiger partial charge in [0.15, 0.2) is 0 Å². The molecule has 0 amide bonds. The monoisotopic (exact) mass is 412 g/mol. The molecule has 0 bridgehead atoms. The van der Waals surface area contributed by atoms with Crippen molar-refractivity contribution in [2.45, 2.75) is 32.4 Å². The van der Waals surface area contributed by atoms with E-state index in [-0.39, 0.29) is 0 Å². The third-order valence-electron chi connectivity index (χ3n) is 5.05. The Kier molecular flexibility index (Phi) is 5.03. The minimum Gasteiger partial charge on any atom is -0.361 e. The summed E-state index contributed by atoms with van der Waals surface area (Å²) in [6.45, 7) is 8.41. The second-order valence-corrected chi connectivity index (χ2v) is 14.4. The van der Waals surface area contributed by atoms with Crippen LogP contribution in [0.3, 0.4) is 0 Å². The van der Waals surface area contributed by atoms with Gasteiger partial charge in [-0.25, -0.2) is 9.97 Å². The van der Waals surface area contributed by atoms with Gasteiger partial charge in [0.25, 0.3) is 0 Å². The molecule has 0 fully saturated rings. The lowest BCUT2D eigenvalue weighted by atomic mass is 10.1. The first-order chi connectivity index (χ1) is 13.3. The van der Waals surface area contributed by atoms with Gasteiger partial charge in [0.2, 0.25) is 0 Å². The summed E-state index contributed by atoms with van der Waals surface area (Å²) in [7, 11) is 0.964. The van der Waals surface area contributed by atoms with Crippen LogP contribution in [-0.4, -0.2) is 33.8 Å². The molecule has 4 rings (SSSR count). The zero-order chi connectivity index (χ0) is 19.9. The Balaban J connectivity index is 1.66. The largest absolute Gasteiger partial charge is 0.361 e. The average Bonchev–Trinajstić information content (AvgIpc) is 3.19. The number of pyridine rings is 1. The van der Waals surface area contributed by atoms with Gasteiger partial charge in [0, 0.05) is 32.7 Å². The Bertz CT molecular complexity index is 1140. The standard InChI is InChI=1S/C21H25ClN4OSi/c1-25-18(10-15-11-20(22)23-12-19(15)25)16-6-5-7-17-21(16)24-13-26(17)14-27-8-9-28(2,3)4/h5-7,10-13H,8-9,14H2,1-4H3. The van der Waals surface area contributed by atoms with Crippen LogP contribution >= 0.6 is 11.6 Å². The Morgan fingerprint density at radius 3 is 2.71 bits per heavy atom. The van der Waals surface area contributed by atoms with E-state index >= 15 is 0 Å². The number of benzene rings is 1. The molecule has 0 aliphatic heterocycles. The van der Waals surface area contributed by atoms with Crippen LogP contribution in [0.5, 0.6) is 0 Å². The van der Waals surface area contributed by atoms with Gasteiger partial charge in [-0.3, -0.25) is 0 Å². The molecule has 1 aromatic carbocycles. The van der Waals surface area contributed by atoms with Gasteiger partial charge in [-0.05, 0) is 24.2 Å². The molecule has 0 aliphatic rings. The highest BCUT2D eigenvalue weighted by atomic mass is 35.5. The van der Waals surface area contributed by atoms with Crippen LogP contribution < -0.4 is 0 Å². The zero-order valence-corrected chi connectivity index (χ0v) is 18.5. The van der Waals surface area contributed by atoms with Crippen molar-refractivity contribution in [2.75, 3.05) is 6.61 Å². The number of hydrogen-bond donors (Lipinski definition) is 0. The molecule has 146 valence electrons. The maximum Gasteiger partial charge on any atom is 0.129 e. The number of rotatable bonds is 6. The molecular formula is C21H25ClN4OSi. The predicted octanol–water partition coefficient (Wildman–Crippen LogP) is 5.56. The van der Waals surface area contributed by atoms with Crippen molar-refractivity contribution >= 4 is 41.6 Å². The second kappa shape index (κ2) is 7.35. The molecule has 4 aromatic rings. The maximum absolute atomic E-state index is 6.07. The van der Waals surface area contributed by atoms with Crippen LogP contribution in [0, 0.1) is 0 Å². The number of halogens is 1. The molecule has 7 heteroatoms. The van der Waals surface area contributed by atoms with Gasteiger partial charge in [0.1, 0.15) is 11.9 Å². The van der Waals surface area contributed by atoms with Crippen LogP contribution in [0.4, 0.5) is 0 Å². The number of nitrogens with zero attached hydrogens (tertiary/aromatic N) is 4. The fourth-order valence-corrected chi connectivity index (χ4v) is 4.33. The highest BCUT2D eigenvalue weighted by Gasteiger charge is 2.15.